The van der Waals surface area contributed by atoms with E-state index in [0.717, 1.165) is 13.2 Å². The minimum atomic E-state index is -1.61. The van der Waals surface area contributed by atoms with Crippen molar-refractivity contribution in [3.8, 4) is 0 Å². The van der Waals surface area contributed by atoms with Gasteiger partial charge in [0.15, 0.2) is 6.04 Å². The van der Waals surface area contributed by atoms with Crippen LogP contribution in [-0.4, -0.2) is 35.9 Å². The standard InChI is InChI=1S/C15H20FNO5/c1-15(2,3)22-14(20)17-11(13(19)21-4)12(18)9-7-5-6-8-10(9)16/h5-8,11-12,18H,1-4H3,(H,17,20). The van der Waals surface area contributed by atoms with Gasteiger partial charge in [-0.25, -0.2) is 14.0 Å². The largest absolute Gasteiger partial charge is 0.467 e. The SMILES string of the molecule is COC(=O)C(NC(=O)OC(C)(C)C)C(O)c1ccccc1F. The van der Waals surface area contributed by atoms with E-state index < -0.39 is 35.6 Å². The quantitative estimate of drug-likeness (QED) is 0.830. The first-order valence-corrected chi connectivity index (χ1v) is 6.65. The number of rotatable bonds is 4. The summed E-state index contributed by atoms with van der Waals surface area (Å²) in [6.45, 7) is 4.94. The van der Waals surface area contributed by atoms with Crippen LogP contribution in [0.5, 0.6) is 0 Å². The fraction of sp³-hybridized carbons (Fsp3) is 0.467. The van der Waals surface area contributed by atoms with Gasteiger partial charge in [-0.15, -0.1) is 0 Å². The van der Waals surface area contributed by atoms with Gasteiger partial charge in [-0.3, -0.25) is 0 Å². The van der Waals surface area contributed by atoms with Gasteiger partial charge in [0.25, 0.3) is 0 Å². The lowest BCUT2D eigenvalue weighted by Gasteiger charge is -2.25. The summed E-state index contributed by atoms with van der Waals surface area (Å²) in [6.07, 6.45) is -2.53. The molecule has 0 aliphatic rings. The van der Waals surface area contributed by atoms with Crippen molar-refractivity contribution < 1.29 is 28.6 Å². The fourth-order valence-electron chi connectivity index (χ4n) is 1.72. The molecule has 0 bridgehead atoms. The lowest BCUT2D eigenvalue weighted by molar-refractivity contribution is -0.146. The number of ether oxygens (including phenoxy) is 2. The van der Waals surface area contributed by atoms with Crippen LogP contribution in [-0.2, 0) is 14.3 Å². The number of esters is 1. The van der Waals surface area contributed by atoms with Gasteiger partial charge >= 0.3 is 12.1 Å². The third-order valence-corrected chi connectivity index (χ3v) is 2.67. The Kier molecular flexibility index (Phi) is 5.87. The number of aliphatic hydroxyl groups excluding tert-OH is 1. The molecule has 2 N–H and O–H groups in total. The van der Waals surface area contributed by atoms with E-state index in [1.54, 1.807) is 20.8 Å². The number of benzene rings is 1. The molecule has 0 aliphatic heterocycles. The first-order chi connectivity index (χ1) is 10.2. The van der Waals surface area contributed by atoms with Gasteiger partial charge in [0, 0.05) is 5.56 Å². The lowest BCUT2D eigenvalue weighted by Crippen LogP contribution is -2.47. The van der Waals surface area contributed by atoms with Crippen molar-refractivity contribution in [3.05, 3.63) is 35.6 Å². The van der Waals surface area contributed by atoms with Crippen LogP contribution >= 0.6 is 0 Å². The molecule has 1 aromatic rings. The number of hydrogen-bond donors (Lipinski definition) is 2. The second-order valence-corrected chi connectivity index (χ2v) is 5.61. The number of aliphatic hydroxyl groups is 1. The molecule has 122 valence electrons. The Bertz CT molecular complexity index is 541. The molecule has 0 aliphatic carbocycles. The van der Waals surface area contributed by atoms with E-state index in [0.29, 0.717) is 0 Å². The zero-order chi connectivity index (χ0) is 16.9. The Labute approximate surface area is 128 Å². The molecule has 6 nitrogen and oxygen atoms in total. The van der Waals surface area contributed by atoms with Gasteiger partial charge < -0.3 is 19.9 Å². The van der Waals surface area contributed by atoms with E-state index in [-0.39, 0.29) is 5.56 Å². The van der Waals surface area contributed by atoms with Gasteiger partial charge in [-0.05, 0) is 26.8 Å². The lowest BCUT2D eigenvalue weighted by atomic mass is 10.0. The zero-order valence-corrected chi connectivity index (χ0v) is 12.9. The van der Waals surface area contributed by atoms with Crippen molar-refractivity contribution in [3.63, 3.8) is 0 Å². The molecule has 0 saturated heterocycles. The average molecular weight is 313 g/mol. The van der Waals surface area contributed by atoms with Gasteiger partial charge in [0.05, 0.1) is 7.11 Å². The van der Waals surface area contributed by atoms with Crippen LogP contribution in [0, 0.1) is 5.82 Å². The molecule has 0 aromatic heterocycles. The molecular weight excluding hydrogens is 293 g/mol. The molecule has 0 spiro atoms. The predicted molar refractivity (Wildman–Crippen MR) is 76.5 cm³/mol. The van der Waals surface area contributed by atoms with Crippen molar-refractivity contribution in [2.24, 2.45) is 0 Å². The fourth-order valence-corrected chi connectivity index (χ4v) is 1.72. The maximum absolute atomic E-state index is 13.7. The Morgan fingerprint density at radius 2 is 1.86 bits per heavy atom. The Morgan fingerprint density at radius 3 is 2.36 bits per heavy atom. The molecule has 0 fully saturated rings. The number of hydrogen-bond acceptors (Lipinski definition) is 5. The topological polar surface area (TPSA) is 84.9 Å². The first kappa shape index (κ1) is 17.9. The Morgan fingerprint density at radius 1 is 1.27 bits per heavy atom. The number of carbonyl (C=O) groups excluding carboxylic acids is 2. The maximum atomic E-state index is 13.7. The van der Waals surface area contributed by atoms with Crippen LogP contribution in [0.4, 0.5) is 9.18 Å². The molecule has 1 amide bonds. The summed E-state index contributed by atoms with van der Waals surface area (Å²) in [7, 11) is 1.10. The molecule has 1 rings (SSSR count). The summed E-state index contributed by atoms with van der Waals surface area (Å²) in [5.74, 6) is -1.61. The first-order valence-electron chi connectivity index (χ1n) is 6.65. The molecule has 0 saturated carbocycles. The summed E-state index contributed by atoms with van der Waals surface area (Å²) in [6, 6.07) is 3.91. The minimum Gasteiger partial charge on any atom is -0.467 e. The van der Waals surface area contributed by atoms with E-state index >= 15 is 0 Å². The monoisotopic (exact) mass is 313 g/mol. The highest BCUT2D eigenvalue weighted by Gasteiger charge is 2.33. The average Bonchev–Trinajstić information content (AvgIpc) is 2.42. The molecule has 7 heteroatoms. The smallest absolute Gasteiger partial charge is 0.408 e. The molecule has 0 heterocycles. The number of amides is 1. The van der Waals surface area contributed by atoms with E-state index in [1.807, 2.05) is 0 Å². The maximum Gasteiger partial charge on any atom is 0.408 e. The summed E-state index contributed by atoms with van der Waals surface area (Å²) in [4.78, 5) is 23.5. The number of nitrogens with one attached hydrogen (secondary N) is 1. The number of methoxy groups -OCH3 is 1. The van der Waals surface area contributed by atoms with Crippen LogP contribution in [0.3, 0.4) is 0 Å². The summed E-state index contributed by atoms with van der Waals surface area (Å²) >= 11 is 0. The van der Waals surface area contributed by atoms with E-state index in [1.165, 1.54) is 18.2 Å². The van der Waals surface area contributed by atoms with Crippen molar-refractivity contribution in [2.45, 2.75) is 38.5 Å². The minimum absolute atomic E-state index is 0.131. The summed E-state index contributed by atoms with van der Waals surface area (Å²) in [5, 5.41) is 12.4. The molecule has 0 radical (unpaired) electrons. The van der Waals surface area contributed by atoms with Crippen LogP contribution in [0.15, 0.2) is 24.3 Å². The predicted octanol–water partition coefficient (Wildman–Crippen LogP) is 1.93. The number of carbonyl (C=O) groups is 2. The van der Waals surface area contributed by atoms with Gasteiger partial charge in [-0.1, -0.05) is 18.2 Å². The summed E-state index contributed by atoms with van der Waals surface area (Å²) < 4.78 is 23.3. The number of halogens is 1. The van der Waals surface area contributed by atoms with E-state index in [4.69, 9.17) is 4.74 Å². The van der Waals surface area contributed by atoms with E-state index in [2.05, 4.69) is 10.1 Å². The van der Waals surface area contributed by atoms with E-state index in [9.17, 15) is 19.1 Å². The van der Waals surface area contributed by atoms with Crippen molar-refractivity contribution >= 4 is 12.1 Å². The van der Waals surface area contributed by atoms with Gasteiger partial charge in [0.1, 0.15) is 17.5 Å². The van der Waals surface area contributed by atoms with Gasteiger partial charge in [-0.2, -0.15) is 0 Å². The highest BCUT2D eigenvalue weighted by Crippen LogP contribution is 2.21. The molecule has 22 heavy (non-hydrogen) atoms. The molecular formula is C15H20FNO5. The Balaban J connectivity index is 2.96. The van der Waals surface area contributed by atoms with Gasteiger partial charge in [0.2, 0.25) is 0 Å². The molecule has 1 aromatic carbocycles. The second-order valence-electron chi connectivity index (χ2n) is 5.61. The zero-order valence-electron chi connectivity index (χ0n) is 12.9. The van der Waals surface area contributed by atoms with Crippen molar-refractivity contribution in [1.82, 2.24) is 5.32 Å². The third kappa shape index (κ3) is 5.00. The van der Waals surface area contributed by atoms with Crippen molar-refractivity contribution in [2.75, 3.05) is 7.11 Å². The number of alkyl carbamates (subject to hydrolysis) is 1. The molecule has 2 unspecified atom stereocenters. The van der Waals surface area contributed by atoms with Crippen molar-refractivity contribution in [1.29, 1.82) is 0 Å². The van der Waals surface area contributed by atoms with Crippen LogP contribution < -0.4 is 5.32 Å². The highest BCUT2D eigenvalue weighted by molar-refractivity contribution is 5.82. The van der Waals surface area contributed by atoms with Crippen LogP contribution in [0.2, 0.25) is 0 Å². The summed E-state index contributed by atoms with van der Waals surface area (Å²) in [5.41, 5.74) is -0.915. The third-order valence-electron chi connectivity index (χ3n) is 2.67. The normalized spacial score (nSPS) is 13.9. The van der Waals surface area contributed by atoms with Crippen LogP contribution in [0.25, 0.3) is 0 Å². The Hall–Kier alpha value is -2.15. The van der Waals surface area contributed by atoms with Crippen LogP contribution in [0.1, 0.15) is 32.4 Å². The second kappa shape index (κ2) is 7.22. The highest BCUT2D eigenvalue weighted by atomic mass is 19.1. The molecule has 2 atom stereocenters.